The molecule has 0 spiro atoms. The molecule has 5 aromatic rings. The first-order valence-electron chi connectivity index (χ1n) is 9.83. The van der Waals surface area contributed by atoms with Crippen molar-refractivity contribution in [2.45, 2.75) is 5.41 Å². The maximum absolute atomic E-state index is 6.75. The van der Waals surface area contributed by atoms with Crippen LogP contribution in [0.4, 0.5) is 0 Å². The van der Waals surface area contributed by atoms with Crippen LogP contribution < -0.4 is 0 Å². The monoisotopic (exact) mass is 405 g/mol. The van der Waals surface area contributed by atoms with Gasteiger partial charge in [-0.25, -0.2) is 9.97 Å². The second-order valence-electron chi connectivity index (χ2n) is 7.42. The van der Waals surface area contributed by atoms with Gasteiger partial charge in [-0.3, -0.25) is 4.98 Å². The van der Waals surface area contributed by atoms with E-state index in [2.05, 4.69) is 70.6 Å². The van der Waals surface area contributed by atoms with E-state index in [-0.39, 0.29) is 0 Å². The largest absolute Gasteiger partial charge is 0.251 e. The Bertz CT molecular complexity index is 1410. The first kappa shape index (κ1) is 17.3. The highest BCUT2D eigenvalue weighted by Crippen LogP contribution is 2.57. The molecule has 0 amide bonds. The summed E-state index contributed by atoms with van der Waals surface area (Å²) in [5.41, 5.74) is 7.42. The number of rotatable bonds is 2. The topological polar surface area (TPSA) is 38.7 Å². The molecule has 142 valence electrons. The highest BCUT2D eigenvalue weighted by molar-refractivity contribution is 6.34. The first-order chi connectivity index (χ1) is 14.8. The summed E-state index contributed by atoms with van der Waals surface area (Å²) in [5, 5.41) is 0.748. The number of aromatic nitrogens is 3. The normalized spacial score (nSPS) is 17.0. The van der Waals surface area contributed by atoms with Crippen LogP contribution in [0.1, 0.15) is 22.4 Å². The van der Waals surface area contributed by atoms with Gasteiger partial charge in [0.25, 0.3) is 0 Å². The summed E-state index contributed by atoms with van der Waals surface area (Å²) < 4.78 is 0. The van der Waals surface area contributed by atoms with Crippen LogP contribution in [0.5, 0.6) is 0 Å². The molecule has 30 heavy (non-hydrogen) atoms. The molecule has 2 heterocycles. The highest BCUT2D eigenvalue weighted by atomic mass is 35.5. The Morgan fingerprint density at radius 2 is 1.43 bits per heavy atom. The molecular weight excluding hydrogens is 390 g/mol. The zero-order valence-corrected chi connectivity index (χ0v) is 16.7. The van der Waals surface area contributed by atoms with Crippen molar-refractivity contribution in [2.24, 2.45) is 0 Å². The zero-order chi connectivity index (χ0) is 20.1. The molecule has 3 nitrogen and oxygen atoms in total. The van der Waals surface area contributed by atoms with Gasteiger partial charge in [-0.1, -0.05) is 78.3 Å². The molecule has 6 rings (SSSR count). The molecule has 0 aliphatic heterocycles. The number of hydrogen-bond donors (Lipinski definition) is 0. The van der Waals surface area contributed by atoms with Crippen LogP contribution in [0.15, 0.2) is 97.3 Å². The fourth-order valence-corrected chi connectivity index (χ4v) is 5.05. The van der Waals surface area contributed by atoms with E-state index < -0.39 is 5.41 Å². The third-order valence-electron chi connectivity index (χ3n) is 5.94. The minimum absolute atomic E-state index is 0.580. The van der Waals surface area contributed by atoms with Gasteiger partial charge in [0.15, 0.2) is 5.65 Å². The summed E-state index contributed by atoms with van der Waals surface area (Å²) in [6.45, 7) is 0. The predicted molar refractivity (Wildman–Crippen MR) is 120 cm³/mol. The Morgan fingerprint density at radius 3 is 2.33 bits per heavy atom. The van der Waals surface area contributed by atoms with E-state index in [4.69, 9.17) is 16.6 Å². The minimum Gasteiger partial charge on any atom is -0.251 e. The van der Waals surface area contributed by atoms with Crippen LogP contribution >= 0.6 is 11.6 Å². The minimum atomic E-state index is -0.580. The molecule has 1 atom stereocenters. The number of halogens is 1. The predicted octanol–water partition coefficient (Wildman–Crippen LogP) is 6.04. The molecule has 0 saturated carbocycles. The lowest BCUT2D eigenvalue weighted by atomic mass is 9.70. The standard InChI is InChI=1S/C26H16ClN3/c27-21-12-6-11-20-24(21)18-9-4-5-10-19(18)26(20,17-7-2-1-3-8-17)23-14-13-22-25(30-23)29-16-15-28-22/h1-16H. The van der Waals surface area contributed by atoms with Gasteiger partial charge in [0.05, 0.1) is 11.1 Å². The molecule has 3 aromatic carbocycles. The lowest BCUT2D eigenvalue weighted by molar-refractivity contribution is 0.738. The van der Waals surface area contributed by atoms with Gasteiger partial charge in [-0.05, 0) is 40.5 Å². The fourth-order valence-electron chi connectivity index (χ4n) is 4.77. The summed E-state index contributed by atoms with van der Waals surface area (Å²) >= 11 is 6.75. The number of fused-ring (bicyclic) bond motifs is 4. The van der Waals surface area contributed by atoms with E-state index in [9.17, 15) is 0 Å². The van der Waals surface area contributed by atoms with Crippen LogP contribution in [0.3, 0.4) is 0 Å². The van der Waals surface area contributed by atoms with Crippen molar-refractivity contribution in [2.75, 3.05) is 0 Å². The Hall–Kier alpha value is -3.56. The molecule has 2 aromatic heterocycles. The lowest BCUT2D eigenvalue weighted by Gasteiger charge is -2.32. The Kier molecular flexibility index (Phi) is 3.74. The Morgan fingerprint density at radius 1 is 0.667 bits per heavy atom. The van der Waals surface area contributed by atoms with Gasteiger partial charge in [0.1, 0.15) is 5.52 Å². The lowest BCUT2D eigenvalue weighted by Crippen LogP contribution is -2.29. The molecule has 1 aliphatic rings. The number of benzene rings is 3. The van der Waals surface area contributed by atoms with Crippen molar-refractivity contribution in [3.8, 4) is 11.1 Å². The second-order valence-corrected chi connectivity index (χ2v) is 7.83. The van der Waals surface area contributed by atoms with Gasteiger partial charge in [0.2, 0.25) is 0 Å². The fraction of sp³-hybridized carbons (Fsp3) is 0.0385. The maximum Gasteiger partial charge on any atom is 0.178 e. The average molecular weight is 406 g/mol. The second kappa shape index (κ2) is 6.48. The SMILES string of the molecule is Clc1cccc2c1-c1ccccc1C2(c1ccccc1)c1ccc2nccnc2n1. The van der Waals surface area contributed by atoms with E-state index in [1.165, 1.54) is 5.56 Å². The highest BCUT2D eigenvalue weighted by Gasteiger charge is 2.47. The average Bonchev–Trinajstić information content (AvgIpc) is 3.12. The van der Waals surface area contributed by atoms with Gasteiger partial charge >= 0.3 is 0 Å². The van der Waals surface area contributed by atoms with E-state index in [1.54, 1.807) is 12.4 Å². The summed E-state index contributed by atoms with van der Waals surface area (Å²) in [6, 6.07) is 29.2. The van der Waals surface area contributed by atoms with Crippen molar-refractivity contribution in [3.05, 3.63) is 125 Å². The van der Waals surface area contributed by atoms with E-state index in [0.717, 1.165) is 38.5 Å². The van der Waals surface area contributed by atoms with Crippen LogP contribution in [0.25, 0.3) is 22.3 Å². The molecule has 4 heteroatoms. The molecule has 0 radical (unpaired) electrons. The summed E-state index contributed by atoms with van der Waals surface area (Å²) in [6.07, 6.45) is 3.37. The maximum atomic E-state index is 6.75. The van der Waals surface area contributed by atoms with Crippen LogP contribution in [0.2, 0.25) is 5.02 Å². The molecule has 0 saturated heterocycles. The van der Waals surface area contributed by atoms with Gasteiger partial charge < -0.3 is 0 Å². The van der Waals surface area contributed by atoms with E-state index in [0.29, 0.717) is 5.65 Å². The number of hydrogen-bond acceptors (Lipinski definition) is 3. The van der Waals surface area contributed by atoms with Crippen molar-refractivity contribution >= 4 is 22.8 Å². The summed E-state index contributed by atoms with van der Waals surface area (Å²) in [4.78, 5) is 13.9. The quantitative estimate of drug-likeness (QED) is 0.352. The van der Waals surface area contributed by atoms with Crippen molar-refractivity contribution < 1.29 is 0 Å². The van der Waals surface area contributed by atoms with Gasteiger partial charge in [0, 0.05) is 23.0 Å². The molecular formula is C26H16ClN3. The molecule has 0 fully saturated rings. The third-order valence-corrected chi connectivity index (χ3v) is 6.26. The van der Waals surface area contributed by atoms with E-state index in [1.807, 2.05) is 24.3 Å². The Labute approximate surface area is 179 Å². The van der Waals surface area contributed by atoms with Crippen LogP contribution in [0, 0.1) is 0 Å². The molecule has 1 aliphatic carbocycles. The molecule has 0 bridgehead atoms. The van der Waals surface area contributed by atoms with Crippen molar-refractivity contribution in [1.29, 1.82) is 0 Å². The first-order valence-corrected chi connectivity index (χ1v) is 10.2. The third kappa shape index (κ3) is 2.24. The molecule has 0 N–H and O–H groups in total. The van der Waals surface area contributed by atoms with Gasteiger partial charge in [-0.15, -0.1) is 0 Å². The Balaban J connectivity index is 1.81. The van der Waals surface area contributed by atoms with Crippen molar-refractivity contribution in [1.82, 2.24) is 15.0 Å². The van der Waals surface area contributed by atoms with Crippen LogP contribution in [-0.4, -0.2) is 15.0 Å². The zero-order valence-electron chi connectivity index (χ0n) is 16.0. The van der Waals surface area contributed by atoms with Crippen LogP contribution in [-0.2, 0) is 5.41 Å². The molecule has 1 unspecified atom stereocenters. The van der Waals surface area contributed by atoms with Gasteiger partial charge in [-0.2, -0.15) is 0 Å². The summed E-state index contributed by atoms with van der Waals surface area (Å²) in [5.74, 6) is 0. The number of pyridine rings is 1. The van der Waals surface area contributed by atoms with E-state index >= 15 is 0 Å². The summed E-state index contributed by atoms with van der Waals surface area (Å²) in [7, 11) is 0. The van der Waals surface area contributed by atoms with Crippen molar-refractivity contribution in [3.63, 3.8) is 0 Å². The number of nitrogens with zero attached hydrogens (tertiary/aromatic N) is 3. The smallest absolute Gasteiger partial charge is 0.178 e.